The highest BCUT2D eigenvalue weighted by molar-refractivity contribution is 5.79. The van der Waals surface area contributed by atoms with Crippen LogP contribution in [-0.4, -0.2) is 11.4 Å². The molecule has 0 radical (unpaired) electrons. The predicted octanol–water partition coefficient (Wildman–Crippen LogP) is 2.23. The van der Waals surface area contributed by atoms with Crippen molar-refractivity contribution in [3.63, 3.8) is 0 Å². The number of carbonyl (C=O) groups excluding carboxylic acids is 1. The lowest BCUT2D eigenvalue weighted by atomic mass is 9.93. The predicted molar refractivity (Wildman–Crippen MR) is 59.0 cm³/mol. The minimum atomic E-state index is -0.569. The Bertz CT molecular complexity index is 272. The molecular weight excluding hydrogens is 188 g/mol. The highest BCUT2D eigenvalue weighted by atomic mass is 16.2. The van der Waals surface area contributed by atoms with Gasteiger partial charge >= 0.3 is 0 Å². The van der Waals surface area contributed by atoms with E-state index in [2.05, 4.69) is 11.4 Å². The molecule has 1 amide bonds. The summed E-state index contributed by atoms with van der Waals surface area (Å²) in [6.45, 7) is 5.97. The van der Waals surface area contributed by atoms with Crippen LogP contribution in [0.5, 0.6) is 0 Å². The monoisotopic (exact) mass is 208 g/mol. The Morgan fingerprint density at radius 3 is 2.27 bits per heavy atom. The van der Waals surface area contributed by atoms with Gasteiger partial charge in [-0.25, -0.2) is 0 Å². The van der Waals surface area contributed by atoms with Crippen LogP contribution in [0.2, 0.25) is 0 Å². The molecule has 0 aliphatic heterocycles. The topological polar surface area (TPSA) is 52.9 Å². The summed E-state index contributed by atoms with van der Waals surface area (Å²) in [6, 6.07) is 2.27. The van der Waals surface area contributed by atoms with Crippen molar-refractivity contribution >= 4 is 5.91 Å². The van der Waals surface area contributed by atoms with Crippen molar-refractivity contribution in [2.45, 2.75) is 52.0 Å². The van der Waals surface area contributed by atoms with E-state index >= 15 is 0 Å². The van der Waals surface area contributed by atoms with Crippen molar-refractivity contribution in [3.8, 4) is 6.07 Å². The fourth-order valence-corrected chi connectivity index (χ4v) is 1.90. The van der Waals surface area contributed by atoms with Gasteiger partial charge in [0.25, 0.3) is 0 Å². The van der Waals surface area contributed by atoms with E-state index in [9.17, 15) is 4.79 Å². The molecule has 0 aromatic rings. The highest BCUT2D eigenvalue weighted by Gasteiger charge is 2.36. The van der Waals surface area contributed by atoms with E-state index < -0.39 is 5.54 Å². The molecule has 0 saturated heterocycles. The number of hydrogen-bond acceptors (Lipinski definition) is 2. The van der Waals surface area contributed by atoms with Crippen LogP contribution in [0.25, 0.3) is 0 Å². The highest BCUT2D eigenvalue weighted by Crippen LogP contribution is 2.29. The van der Waals surface area contributed by atoms with Crippen LogP contribution in [0.3, 0.4) is 0 Å². The third kappa shape index (κ3) is 2.71. The fraction of sp³-hybridized carbons (Fsp3) is 0.833. The van der Waals surface area contributed by atoms with E-state index in [1.807, 2.05) is 20.8 Å². The second-order valence-electron chi connectivity index (χ2n) is 4.92. The van der Waals surface area contributed by atoms with Crippen LogP contribution in [-0.2, 0) is 4.79 Å². The van der Waals surface area contributed by atoms with Gasteiger partial charge in [-0.05, 0) is 31.6 Å². The molecule has 1 unspecified atom stereocenters. The maximum atomic E-state index is 11.8. The molecule has 1 fully saturated rings. The quantitative estimate of drug-likeness (QED) is 0.773. The minimum absolute atomic E-state index is 0.0178. The van der Waals surface area contributed by atoms with Crippen molar-refractivity contribution in [2.24, 2.45) is 11.8 Å². The molecule has 1 N–H and O–H groups in total. The maximum absolute atomic E-state index is 11.8. The van der Waals surface area contributed by atoms with Crippen LogP contribution in [0.4, 0.5) is 0 Å². The lowest BCUT2D eigenvalue weighted by molar-refractivity contribution is -0.127. The van der Waals surface area contributed by atoms with Gasteiger partial charge in [-0.3, -0.25) is 4.79 Å². The molecule has 1 aliphatic rings. The van der Waals surface area contributed by atoms with Crippen LogP contribution in [0, 0.1) is 23.2 Å². The normalized spacial score (nSPS) is 21.0. The van der Waals surface area contributed by atoms with Crippen molar-refractivity contribution < 1.29 is 4.79 Å². The van der Waals surface area contributed by atoms with Gasteiger partial charge in [-0.1, -0.05) is 20.8 Å². The first-order chi connectivity index (χ1) is 7.01. The first-order valence-corrected chi connectivity index (χ1v) is 5.74. The standard InChI is InChI=1S/C12H20N2O/c1-9(2)10(3)11(15)14-12(8-13)6-4-5-7-12/h9-10H,4-7H2,1-3H3,(H,14,15). The summed E-state index contributed by atoms with van der Waals surface area (Å²) >= 11 is 0. The number of nitrogens with one attached hydrogen (secondary N) is 1. The first-order valence-electron chi connectivity index (χ1n) is 5.74. The molecule has 1 atom stereocenters. The van der Waals surface area contributed by atoms with E-state index in [0.29, 0.717) is 5.92 Å². The molecule has 84 valence electrons. The lowest BCUT2D eigenvalue weighted by Crippen LogP contribution is -2.47. The summed E-state index contributed by atoms with van der Waals surface area (Å²) in [5, 5.41) is 12.0. The van der Waals surface area contributed by atoms with Crippen LogP contribution >= 0.6 is 0 Å². The summed E-state index contributed by atoms with van der Waals surface area (Å²) in [7, 11) is 0. The molecule has 1 rings (SSSR count). The molecular formula is C12H20N2O. The Labute approximate surface area is 91.9 Å². The number of carbonyl (C=O) groups is 1. The fourth-order valence-electron chi connectivity index (χ4n) is 1.90. The first kappa shape index (κ1) is 12.0. The van der Waals surface area contributed by atoms with Crippen molar-refractivity contribution in [1.29, 1.82) is 5.26 Å². The van der Waals surface area contributed by atoms with E-state index in [1.165, 1.54) is 0 Å². The summed E-state index contributed by atoms with van der Waals surface area (Å²) < 4.78 is 0. The van der Waals surface area contributed by atoms with Gasteiger partial charge in [0, 0.05) is 5.92 Å². The minimum Gasteiger partial charge on any atom is -0.338 e. The maximum Gasteiger partial charge on any atom is 0.224 e. The molecule has 0 bridgehead atoms. The van der Waals surface area contributed by atoms with E-state index in [0.717, 1.165) is 25.7 Å². The van der Waals surface area contributed by atoms with Crippen LogP contribution < -0.4 is 5.32 Å². The van der Waals surface area contributed by atoms with Crippen molar-refractivity contribution in [1.82, 2.24) is 5.32 Å². The van der Waals surface area contributed by atoms with Gasteiger partial charge in [0.15, 0.2) is 0 Å². The van der Waals surface area contributed by atoms with Crippen LogP contribution in [0.1, 0.15) is 46.5 Å². The molecule has 3 nitrogen and oxygen atoms in total. The molecule has 1 aliphatic carbocycles. The summed E-state index contributed by atoms with van der Waals surface area (Å²) in [5.41, 5.74) is -0.569. The Morgan fingerprint density at radius 1 is 1.33 bits per heavy atom. The molecule has 0 heterocycles. The smallest absolute Gasteiger partial charge is 0.224 e. The number of nitriles is 1. The average molecular weight is 208 g/mol. The molecule has 0 aromatic carbocycles. The third-order valence-corrected chi connectivity index (χ3v) is 3.45. The van der Waals surface area contributed by atoms with Crippen molar-refractivity contribution in [3.05, 3.63) is 0 Å². The van der Waals surface area contributed by atoms with Gasteiger partial charge in [-0.15, -0.1) is 0 Å². The zero-order valence-electron chi connectivity index (χ0n) is 9.84. The van der Waals surface area contributed by atoms with Crippen LogP contribution in [0.15, 0.2) is 0 Å². The molecule has 0 aromatic heterocycles. The van der Waals surface area contributed by atoms with Gasteiger partial charge < -0.3 is 5.32 Å². The summed E-state index contributed by atoms with van der Waals surface area (Å²) in [5.74, 6) is 0.325. The summed E-state index contributed by atoms with van der Waals surface area (Å²) in [4.78, 5) is 11.8. The van der Waals surface area contributed by atoms with Crippen molar-refractivity contribution in [2.75, 3.05) is 0 Å². The number of amides is 1. The van der Waals surface area contributed by atoms with Gasteiger partial charge in [0.2, 0.25) is 5.91 Å². The molecule has 0 spiro atoms. The SMILES string of the molecule is CC(C)C(C)C(=O)NC1(C#N)CCCC1. The summed E-state index contributed by atoms with van der Waals surface area (Å²) in [6.07, 6.45) is 3.70. The Morgan fingerprint density at radius 2 is 1.87 bits per heavy atom. The lowest BCUT2D eigenvalue weighted by Gasteiger charge is -2.25. The van der Waals surface area contributed by atoms with E-state index in [1.54, 1.807) is 0 Å². The molecule has 3 heteroatoms. The molecule has 1 saturated carbocycles. The second kappa shape index (κ2) is 4.65. The Kier molecular flexibility index (Phi) is 3.73. The Balaban J connectivity index is 2.61. The van der Waals surface area contributed by atoms with E-state index in [4.69, 9.17) is 5.26 Å². The zero-order valence-corrected chi connectivity index (χ0v) is 9.84. The number of hydrogen-bond donors (Lipinski definition) is 1. The Hall–Kier alpha value is -1.04. The average Bonchev–Trinajstić information content (AvgIpc) is 2.65. The van der Waals surface area contributed by atoms with Gasteiger partial charge in [-0.2, -0.15) is 5.26 Å². The van der Waals surface area contributed by atoms with Gasteiger partial charge in [0.1, 0.15) is 5.54 Å². The third-order valence-electron chi connectivity index (χ3n) is 3.45. The van der Waals surface area contributed by atoms with Gasteiger partial charge in [0.05, 0.1) is 6.07 Å². The number of rotatable bonds is 3. The zero-order chi connectivity index (χ0) is 11.5. The second-order valence-corrected chi connectivity index (χ2v) is 4.92. The van der Waals surface area contributed by atoms with E-state index in [-0.39, 0.29) is 11.8 Å². The molecule has 15 heavy (non-hydrogen) atoms. The largest absolute Gasteiger partial charge is 0.338 e. The number of nitrogens with zero attached hydrogens (tertiary/aromatic N) is 1.